The molecule has 2 aliphatic rings. The molecule has 164 valence electrons. The highest BCUT2D eigenvalue weighted by Gasteiger charge is 2.53. The summed E-state index contributed by atoms with van der Waals surface area (Å²) in [4.78, 5) is 24.8. The van der Waals surface area contributed by atoms with Gasteiger partial charge in [0, 0.05) is 24.3 Å². The number of hydrogen-bond acceptors (Lipinski definition) is 8. The molecule has 0 bridgehead atoms. The summed E-state index contributed by atoms with van der Waals surface area (Å²) in [7, 11) is 0. The third-order valence-corrected chi connectivity index (χ3v) is 6.11. The number of rotatable bonds is 5. The Bertz CT molecular complexity index is 891. The Labute approximate surface area is 185 Å². The molecule has 8 heteroatoms. The van der Waals surface area contributed by atoms with E-state index in [-0.39, 0.29) is 6.61 Å². The molecule has 2 saturated heterocycles. The summed E-state index contributed by atoms with van der Waals surface area (Å²) in [6, 6.07) is 19.1. The van der Waals surface area contributed by atoms with E-state index >= 15 is 0 Å². The summed E-state index contributed by atoms with van der Waals surface area (Å²) >= 11 is 1.40. The zero-order chi connectivity index (χ0) is 21.8. The number of ether oxygens (including phenoxy) is 5. The van der Waals surface area contributed by atoms with Crippen LogP contribution in [-0.4, -0.2) is 48.4 Å². The standard InChI is InChI=1S/C23H24O7S/c1-14(24)27-20-19-18(13-26-22(30-19)16-9-5-3-6-10-16)29-23(21(20)28-15(2)25)31-17-11-7-4-8-12-17/h3-12,18-23H,13H2,1-2H3/t18-,19+,20+,21-,22-,23+/m1/s1. The highest BCUT2D eigenvalue weighted by atomic mass is 32.2. The molecular formula is C23H24O7S. The van der Waals surface area contributed by atoms with Crippen molar-refractivity contribution in [3.8, 4) is 0 Å². The third-order valence-electron chi connectivity index (χ3n) is 4.96. The van der Waals surface area contributed by atoms with Gasteiger partial charge in [-0.2, -0.15) is 0 Å². The number of hydrogen-bond donors (Lipinski definition) is 0. The van der Waals surface area contributed by atoms with Gasteiger partial charge in [-0.05, 0) is 12.1 Å². The summed E-state index contributed by atoms with van der Waals surface area (Å²) in [5, 5.41) is 0. The lowest BCUT2D eigenvalue weighted by molar-refractivity contribution is -0.320. The summed E-state index contributed by atoms with van der Waals surface area (Å²) in [5.74, 6) is -0.979. The van der Waals surface area contributed by atoms with Gasteiger partial charge in [0.15, 0.2) is 18.5 Å². The van der Waals surface area contributed by atoms with E-state index < -0.39 is 48.1 Å². The van der Waals surface area contributed by atoms with Crippen LogP contribution in [0.3, 0.4) is 0 Å². The van der Waals surface area contributed by atoms with Crippen molar-refractivity contribution in [2.24, 2.45) is 0 Å². The Morgan fingerprint density at radius 3 is 2.13 bits per heavy atom. The van der Waals surface area contributed by atoms with Gasteiger partial charge >= 0.3 is 11.9 Å². The minimum absolute atomic E-state index is 0.251. The third kappa shape index (κ3) is 5.27. The molecule has 6 atom stereocenters. The summed E-state index contributed by atoms with van der Waals surface area (Å²) in [5.41, 5.74) is 0.240. The van der Waals surface area contributed by atoms with Crippen molar-refractivity contribution in [3.05, 3.63) is 66.2 Å². The van der Waals surface area contributed by atoms with Crippen molar-refractivity contribution in [2.45, 2.75) is 54.9 Å². The summed E-state index contributed by atoms with van der Waals surface area (Å²) < 4.78 is 29.6. The predicted molar refractivity (Wildman–Crippen MR) is 112 cm³/mol. The average molecular weight is 445 g/mol. The molecule has 2 aromatic carbocycles. The largest absolute Gasteiger partial charge is 0.456 e. The monoisotopic (exact) mass is 444 g/mol. The molecule has 7 nitrogen and oxygen atoms in total. The first-order chi connectivity index (χ1) is 15.0. The van der Waals surface area contributed by atoms with Crippen LogP contribution in [0.25, 0.3) is 0 Å². The van der Waals surface area contributed by atoms with Gasteiger partial charge in [0.05, 0.1) is 6.61 Å². The fraction of sp³-hybridized carbons (Fsp3) is 0.391. The maximum Gasteiger partial charge on any atom is 0.303 e. The molecule has 0 unspecified atom stereocenters. The van der Waals surface area contributed by atoms with E-state index in [2.05, 4.69) is 0 Å². The molecule has 0 aliphatic carbocycles. The maximum atomic E-state index is 11.9. The molecular weight excluding hydrogens is 420 g/mol. The van der Waals surface area contributed by atoms with Gasteiger partial charge in [-0.1, -0.05) is 60.3 Å². The van der Waals surface area contributed by atoms with Crippen LogP contribution in [-0.2, 0) is 33.3 Å². The summed E-state index contributed by atoms with van der Waals surface area (Å²) in [6.07, 6.45) is -3.46. The second-order valence-electron chi connectivity index (χ2n) is 7.30. The number of fused-ring (bicyclic) bond motifs is 1. The number of esters is 2. The van der Waals surface area contributed by atoms with Crippen LogP contribution in [0.5, 0.6) is 0 Å². The molecule has 0 spiro atoms. The number of benzene rings is 2. The van der Waals surface area contributed by atoms with Crippen LogP contribution in [0.1, 0.15) is 25.7 Å². The molecule has 2 aromatic rings. The lowest BCUT2D eigenvalue weighted by Crippen LogP contribution is -2.63. The van der Waals surface area contributed by atoms with Crippen LogP contribution < -0.4 is 0 Å². The van der Waals surface area contributed by atoms with Gasteiger partial charge < -0.3 is 23.7 Å². The highest BCUT2D eigenvalue weighted by Crippen LogP contribution is 2.41. The van der Waals surface area contributed by atoms with Gasteiger partial charge in [0.2, 0.25) is 0 Å². The molecule has 2 fully saturated rings. The van der Waals surface area contributed by atoms with Crippen molar-refractivity contribution in [3.63, 3.8) is 0 Å². The fourth-order valence-corrected chi connectivity index (χ4v) is 4.82. The number of thioether (sulfide) groups is 1. The molecule has 0 saturated carbocycles. The van der Waals surface area contributed by atoms with Gasteiger partial charge in [0.25, 0.3) is 0 Å². The quantitative estimate of drug-likeness (QED) is 0.649. The second-order valence-corrected chi connectivity index (χ2v) is 8.47. The van der Waals surface area contributed by atoms with Crippen LogP contribution in [0.15, 0.2) is 65.6 Å². The lowest BCUT2D eigenvalue weighted by Gasteiger charge is -2.48. The van der Waals surface area contributed by atoms with E-state index in [0.29, 0.717) is 0 Å². The zero-order valence-corrected chi connectivity index (χ0v) is 18.0. The minimum atomic E-state index is -0.845. The Hall–Kier alpha value is -2.39. The molecule has 2 aliphatic heterocycles. The molecule has 0 N–H and O–H groups in total. The van der Waals surface area contributed by atoms with Crippen LogP contribution in [0, 0.1) is 0 Å². The predicted octanol–water partition coefficient (Wildman–Crippen LogP) is 3.48. The van der Waals surface area contributed by atoms with Gasteiger partial charge in [-0.15, -0.1) is 0 Å². The van der Waals surface area contributed by atoms with E-state index in [1.54, 1.807) is 0 Å². The van der Waals surface area contributed by atoms with E-state index in [1.165, 1.54) is 25.6 Å². The fourth-order valence-electron chi connectivity index (χ4n) is 3.70. The summed E-state index contributed by atoms with van der Waals surface area (Å²) in [6.45, 7) is 2.89. The normalized spacial score (nSPS) is 30.1. The van der Waals surface area contributed by atoms with Crippen LogP contribution in [0.4, 0.5) is 0 Å². The number of carbonyl (C=O) groups excluding carboxylic acids is 2. The smallest absolute Gasteiger partial charge is 0.303 e. The van der Waals surface area contributed by atoms with E-state index in [0.717, 1.165) is 10.5 Å². The topological polar surface area (TPSA) is 80.3 Å². The molecule has 0 amide bonds. The Morgan fingerprint density at radius 1 is 0.871 bits per heavy atom. The Kier molecular flexibility index (Phi) is 6.92. The molecule has 31 heavy (non-hydrogen) atoms. The Morgan fingerprint density at radius 2 is 1.48 bits per heavy atom. The average Bonchev–Trinajstić information content (AvgIpc) is 2.76. The SMILES string of the molecule is CC(=O)O[C@H]1[C@H]2O[C@H](c3ccccc3)OC[C@H]2O[C@@H](Sc2ccccc2)[C@@H]1OC(C)=O. The van der Waals surface area contributed by atoms with E-state index in [9.17, 15) is 9.59 Å². The second kappa shape index (κ2) is 9.82. The highest BCUT2D eigenvalue weighted by molar-refractivity contribution is 7.99. The van der Waals surface area contributed by atoms with E-state index in [1.807, 2.05) is 60.7 Å². The van der Waals surface area contributed by atoms with Gasteiger partial charge in [-0.3, -0.25) is 9.59 Å². The molecule has 2 heterocycles. The molecule has 0 radical (unpaired) electrons. The van der Waals surface area contributed by atoms with Crippen molar-refractivity contribution in [1.82, 2.24) is 0 Å². The lowest BCUT2D eigenvalue weighted by atomic mass is 9.98. The van der Waals surface area contributed by atoms with Crippen molar-refractivity contribution >= 4 is 23.7 Å². The van der Waals surface area contributed by atoms with Crippen molar-refractivity contribution in [1.29, 1.82) is 0 Å². The first-order valence-electron chi connectivity index (χ1n) is 10.0. The molecule has 4 rings (SSSR count). The van der Waals surface area contributed by atoms with Gasteiger partial charge in [-0.25, -0.2) is 0 Å². The van der Waals surface area contributed by atoms with E-state index in [4.69, 9.17) is 23.7 Å². The maximum absolute atomic E-state index is 11.9. The molecule has 0 aromatic heterocycles. The zero-order valence-electron chi connectivity index (χ0n) is 17.2. The van der Waals surface area contributed by atoms with Gasteiger partial charge in [0.1, 0.15) is 17.6 Å². The van der Waals surface area contributed by atoms with Crippen molar-refractivity contribution in [2.75, 3.05) is 6.61 Å². The van der Waals surface area contributed by atoms with Crippen LogP contribution in [0.2, 0.25) is 0 Å². The first-order valence-corrected chi connectivity index (χ1v) is 10.9. The van der Waals surface area contributed by atoms with Crippen LogP contribution >= 0.6 is 11.8 Å². The minimum Gasteiger partial charge on any atom is -0.456 e. The number of carbonyl (C=O) groups is 2. The first kappa shape index (κ1) is 21.8. The Balaban J connectivity index is 1.62. The van der Waals surface area contributed by atoms with Crippen molar-refractivity contribution < 1.29 is 33.3 Å².